The quantitative estimate of drug-likeness (QED) is 0.345. The van der Waals surface area contributed by atoms with Gasteiger partial charge in [-0.05, 0) is 66.4 Å². The zero-order valence-electron chi connectivity index (χ0n) is 19.1. The summed E-state index contributed by atoms with van der Waals surface area (Å²) >= 11 is 0. The molecule has 0 saturated heterocycles. The lowest BCUT2D eigenvalue weighted by Gasteiger charge is -2.23. The van der Waals surface area contributed by atoms with Gasteiger partial charge < -0.3 is 4.90 Å². The number of nitrogens with zero attached hydrogens (tertiary/aromatic N) is 3. The topological polar surface area (TPSA) is 72.3 Å². The second kappa shape index (κ2) is 9.42. The number of carbonyl (C=O) groups is 1. The molecular weight excluding hydrogens is 491 g/mol. The van der Waals surface area contributed by atoms with E-state index in [1.807, 2.05) is 0 Å². The molecule has 0 radical (unpaired) electrons. The Hall–Kier alpha value is -3.66. The Labute approximate surface area is 205 Å². The molecule has 6 nitrogen and oxygen atoms in total. The lowest BCUT2D eigenvalue weighted by atomic mass is 10.2. The summed E-state index contributed by atoms with van der Waals surface area (Å²) in [5.74, 6) is -2.19. The number of halogens is 3. The van der Waals surface area contributed by atoms with E-state index in [2.05, 4.69) is 5.10 Å². The van der Waals surface area contributed by atoms with Gasteiger partial charge in [0.2, 0.25) is 15.7 Å². The lowest BCUT2D eigenvalue weighted by molar-refractivity contribution is -0.133. The van der Waals surface area contributed by atoms with Crippen LogP contribution in [0.4, 0.5) is 13.2 Å². The fourth-order valence-corrected chi connectivity index (χ4v) is 5.65. The first-order valence-corrected chi connectivity index (χ1v) is 13.0. The Morgan fingerprint density at radius 3 is 2.08 bits per heavy atom. The Morgan fingerprint density at radius 1 is 0.889 bits per heavy atom. The van der Waals surface area contributed by atoms with Crippen LogP contribution in [0.3, 0.4) is 0 Å². The Morgan fingerprint density at radius 2 is 1.47 bits per heavy atom. The van der Waals surface area contributed by atoms with Crippen molar-refractivity contribution in [2.24, 2.45) is 0 Å². The number of carbonyl (C=O) groups excluding carboxylic acids is 1. The molecule has 0 N–H and O–H groups in total. The predicted molar refractivity (Wildman–Crippen MR) is 127 cm³/mol. The first-order chi connectivity index (χ1) is 17.2. The molecule has 1 heterocycles. The van der Waals surface area contributed by atoms with E-state index in [1.165, 1.54) is 47.1 Å². The highest BCUT2D eigenvalue weighted by Gasteiger charge is 2.33. The van der Waals surface area contributed by atoms with Crippen LogP contribution in [0, 0.1) is 17.5 Å². The molecule has 3 aromatic carbocycles. The summed E-state index contributed by atoms with van der Waals surface area (Å²) in [6.07, 6.45) is 1.66. The van der Waals surface area contributed by atoms with E-state index in [0.29, 0.717) is 5.56 Å². The van der Waals surface area contributed by atoms with Gasteiger partial charge in [-0.25, -0.2) is 21.6 Å². The van der Waals surface area contributed by atoms with Gasteiger partial charge in [-0.2, -0.15) is 5.10 Å². The molecular formula is C26H22F3N3O3S. The van der Waals surface area contributed by atoms with E-state index in [1.54, 1.807) is 17.0 Å². The average Bonchev–Trinajstić information content (AvgIpc) is 3.62. The molecule has 0 aliphatic heterocycles. The number of amides is 1. The van der Waals surface area contributed by atoms with Gasteiger partial charge in [-0.15, -0.1) is 0 Å². The van der Waals surface area contributed by atoms with Gasteiger partial charge in [-0.3, -0.25) is 9.48 Å². The summed E-state index contributed by atoms with van der Waals surface area (Å²) in [6, 6.07) is 14.6. The van der Waals surface area contributed by atoms with Gasteiger partial charge in [0.1, 0.15) is 24.0 Å². The van der Waals surface area contributed by atoms with Crippen LogP contribution in [0.25, 0.3) is 10.9 Å². The van der Waals surface area contributed by atoms with Crippen LogP contribution in [0.1, 0.15) is 24.0 Å². The summed E-state index contributed by atoms with van der Waals surface area (Å²) in [5.41, 5.74) is 1.31. The van der Waals surface area contributed by atoms with Gasteiger partial charge in [0.15, 0.2) is 5.03 Å². The van der Waals surface area contributed by atoms with Crippen LogP contribution >= 0.6 is 0 Å². The van der Waals surface area contributed by atoms with Gasteiger partial charge in [0, 0.05) is 18.0 Å². The molecule has 0 bridgehead atoms. The van der Waals surface area contributed by atoms with Gasteiger partial charge >= 0.3 is 0 Å². The lowest BCUT2D eigenvalue weighted by Crippen LogP contribution is -2.35. The minimum atomic E-state index is -3.99. The molecule has 0 unspecified atom stereocenters. The molecule has 10 heteroatoms. The minimum absolute atomic E-state index is 0.0304. The Bertz CT molecular complexity index is 1530. The molecule has 0 spiro atoms. The van der Waals surface area contributed by atoms with Crippen LogP contribution in [0.15, 0.2) is 71.8 Å². The maximum atomic E-state index is 14.1. The van der Waals surface area contributed by atoms with E-state index in [-0.39, 0.29) is 46.8 Å². The molecule has 1 fully saturated rings. The van der Waals surface area contributed by atoms with Crippen molar-refractivity contribution >= 4 is 26.6 Å². The van der Waals surface area contributed by atoms with E-state index in [0.717, 1.165) is 30.5 Å². The Kier molecular flexibility index (Phi) is 6.29. The number of sulfone groups is 1. The van der Waals surface area contributed by atoms with Crippen molar-refractivity contribution in [1.29, 1.82) is 0 Å². The van der Waals surface area contributed by atoms with E-state index in [4.69, 9.17) is 0 Å². The number of fused-ring (bicyclic) bond motifs is 1. The number of hydrogen-bond acceptors (Lipinski definition) is 4. The summed E-state index contributed by atoms with van der Waals surface area (Å²) in [5, 5.41) is 4.15. The van der Waals surface area contributed by atoms with Gasteiger partial charge in [-0.1, -0.05) is 24.3 Å². The molecule has 186 valence electrons. The van der Waals surface area contributed by atoms with Crippen LogP contribution in [-0.2, 0) is 33.5 Å². The number of rotatable bonds is 8. The first kappa shape index (κ1) is 24.1. The average molecular weight is 514 g/mol. The predicted octanol–water partition coefficient (Wildman–Crippen LogP) is 4.62. The van der Waals surface area contributed by atoms with E-state index >= 15 is 0 Å². The number of benzene rings is 3. The molecule has 36 heavy (non-hydrogen) atoms. The van der Waals surface area contributed by atoms with Crippen molar-refractivity contribution < 1.29 is 26.4 Å². The number of hydrogen-bond donors (Lipinski definition) is 0. The SMILES string of the molecule is O=C(Cn1nc(S(=O)(=O)Cc2ccc(F)cc2)c2ccc(F)cc21)N(Cc1ccc(F)cc1)C1CC1. The molecule has 1 saturated carbocycles. The maximum Gasteiger partial charge on any atom is 0.244 e. The van der Waals surface area contributed by atoms with Crippen LogP contribution < -0.4 is 0 Å². The summed E-state index contributed by atoms with van der Waals surface area (Å²) < 4.78 is 68.3. The summed E-state index contributed by atoms with van der Waals surface area (Å²) in [7, 11) is -3.99. The zero-order valence-corrected chi connectivity index (χ0v) is 19.9. The molecule has 0 atom stereocenters. The zero-order chi connectivity index (χ0) is 25.4. The fraction of sp³-hybridized carbons (Fsp3) is 0.231. The molecule has 1 amide bonds. The van der Waals surface area contributed by atoms with Crippen LogP contribution in [0.2, 0.25) is 0 Å². The normalized spacial score (nSPS) is 13.8. The van der Waals surface area contributed by atoms with Crippen LogP contribution in [0.5, 0.6) is 0 Å². The van der Waals surface area contributed by atoms with Crippen molar-refractivity contribution in [2.75, 3.05) is 0 Å². The fourth-order valence-electron chi connectivity index (χ4n) is 4.15. The Balaban J connectivity index is 1.45. The second-order valence-corrected chi connectivity index (χ2v) is 10.8. The summed E-state index contributed by atoms with van der Waals surface area (Å²) in [4.78, 5) is 14.9. The highest BCUT2D eigenvalue weighted by atomic mass is 32.2. The van der Waals surface area contributed by atoms with Crippen LogP contribution in [-0.4, -0.2) is 35.0 Å². The van der Waals surface area contributed by atoms with Gasteiger partial charge in [0.25, 0.3) is 0 Å². The van der Waals surface area contributed by atoms with Crippen molar-refractivity contribution in [3.63, 3.8) is 0 Å². The minimum Gasteiger partial charge on any atom is -0.334 e. The largest absolute Gasteiger partial charge is 0.334 e. The molecule has 4 aromatic rings. The monoisotopic (exact) mass is 513 g/mol. The van der Waals surface area contributed by atoms with Crippen molar-refractivity contribution in [2.45, 2.75) is 42.8 Å². The van der Waals surface area contributed by atoms with Crippen molar-refractivity contribution in [1.82, 2.24) is 14.7 Å². The van der Waals surface area contributed by atoms with Gasteiger partial charge in [0.05, 0.1) is 11.3 Å². The molecule has 5 rings (SSSR count). The smallest absolute Gasteiger partial charge is 0.244 e. The highest BCUT2D eigenvalue weighted by Crippen LogP contribution is 2.30. The first-order valence-electron chi connectivity index (χ1n) is 11.4. The third-order valence-electron chi connectivity index (χ3n) is 6.10. The highest BCUT2D eigenvalue weighted by molar-refractivity contribution is 7.90. The molecule has 1 aromatic heterocycles. The third kappa shape index (κ3) is 5.13. The summed E-state index contributed by atoms with van der Waals surface area (Å²) in [6.45, 7) is -0.0171. The van der Waals surface area contributed by atoms with Crippen molar-refractivity contribution in [3.05, 3.63) is 95.3 Å². The second-order valence-electron chi connectivity index (χ2n) is 8.89. The third-order valence-corrected chi connectivity index (χ3v) is 7.71. The standard InChI is InChI=1S/C26H22F3N3O3S/c27-19-5-1-17(2-6-19)14-31(22-10-11-22)25(33)15-32-24-13-21(29)9-12-23(24)26(30-32)36(34,35)16-18-3-7-20(28)8-4-18/h1-9,12-13,22H,10-11,14-16H2. The maximum absolute atomic E-state index is 14.1. The number of aromatic nitrogens is 2. The van der Waals surface area contributed by atoms with E-state index in [9.17, 15) is 26.4 Å². The van der Waals surface area contributed by atoms with E-state index < -0.39 is 27.2 Å². The molecule has 1 aliphatic carbocycles. The molecule has 1 aliphatic rings. The van der Waals surface area contributed by atoms with Crippen molar-refractivity contribution in [3.8, 4) is 0 Å².